The van der Waals surface area contributed by atoms with Crippen LogP contribution in [-0.2, 0) is 6.42 Å². The standard InChI is InChI=1S/C12H14O3/c1-2-14-11-5-3-4-10-9(6-7-13)8-15-12(10)11/h3-5,8,13H,2,6-7H2,1H3. The highest BCUT2D eigenvalue weighted by molar-refractivity contribution is 5.86. The number of fused-ring (bicyclic) bond motifs is 1. The average molecular weight is 206 g/mol. The summed E-state index contributed by atoms with van der Waals surface area (Å²) < 4.78 is 10.9. The minimum absolute atomic E-state index is 0.132. The molecule has 1 aromatic heterocycles. The van der Waals surface area contributed by atoms with Gasteiger partial charge in [0.1, 0.15) is 0 Å². The minimum atomic E-state index is 0.132. The van der Waals surface area contributed by atoms with Gasteiger partial charge < -0.3 is 14.3 Å². The van der Waals surface area contributed by atoms with E-state index >= 15 is 0 Å². The fraction of sp³-hybridized carbons (Fsp3) is 0.333. The van der Waals surface area contributed by atoms with Gasteiger partial charge in [-0.3, -0.25) is 0 Å². The molecule has 0 fully saturated rings. The number of hydrogen-bond donors (Lipinski definition) is 1. The third-order valence-corrected chi connectivity index (χ3v) is 2.32. The Morgan fingerprint density at radius 3 is 3.00 bits per heavy atom. The molecule has 0 radical (unpaired) electrons. The zero-order chi connectivity index (χ0) is 10.7. The van der Waals surface area contributed by atoms with Crippen molar-refractivity contribution in [3.8, 4) is 5.75 Å². The average Bonchev–Trinajstić information content (AvgIpc) is 2.64. The second kappa shape index (κ2) is 4.36. The molecule has 2 rings (SSSR count). The van der Waals surface area contributed by atoms with Crippen LogP contribution in [0.15, 0.2) is 28.9 Å². The summed E-state index contributed by atoms with van der Waals surface area (Å²) in [6.07, 6.45) is 2.30. The maximum absolute atomic E-state index is 8.90. The largest absolute Gasteiger partial charge is 0.490 e. The third-order valence-electron chi connectivity index (χ3n) is 2.32. The van der Waals surface area contributed by atoms with Gasteiger partial charge in [0.15, 0.2) is 11.3 Å². The van der Waals surface area contributed by atoms with Crippen molar-refractivity contribution < 1.29 is 14.3 Å². The van der Waals surface area contributed by atoms with Crippen molar-refractivity contribution in [2.24, 2.45) is 0 Å². The smallest absolute Gasteiger partial charge is 0.175 e. The molecule has 15 heavy (non-hydrogen) atoms. The lowest BCUT2D eigenvalue weighted by Gasteiger charge is -2.02. The summed E-state index contributed by atoms with van der Waals surface area (Å²) in [7, 11) is 0. The second-order valence-electron chi connectivity index (χ2n) is 3.30. The van der Waals surface area contributed by atoms with Crippen LogP contribution in [0.4, 0.5) is 0 Å². The van der Waals surface area contributed by atoms with Gasteiger partial charge in [0, 0.05) is 17.6 Å². The van der Waals surface area contributed by atoms with Crippen LogP contribution in [0, 0.1) is 0 Å². The van der Waals surface area contributed by atoms with Crippen LogP contribution >= 0.6 is 0 Å². The van der Waals surface area contributed by atoms with Gasteiger partial charge in [0.25, 0.3) is 0 Å². The number of aliphatic hydroxyl groups is 1. The first-order valence-electron chi connectivity index (χ1n) is 5.09. The fourth-order valence-electron chi connectivity index (χ4n) is 1.67. The molecule has 0 unspecified atom stereocenters. The molecule has 0 saturated heterocycles. The van der Waals surface area contributed by atoms with E-state index in [2.05, 4.69) is 0 Å². The summed E-state index contributed by atoms with van der Waals surface area (Å²) in [6.45, 7) is 2.69. The van der Waals surface area contributed by atoms with Crippen LogP contribution in [0.3, 0.4) is 0 Å². The predicted molar refractivity (Wildman–Crippen MR) is 58.2 cm³/mol. The molecule has 2 aromatic rings. The second-order valence-corrected chi connectivity index (χ2v) is 3.30. The van der Waals surface area contributed by atoms with Crippen molar-refractivity contribution >= 4 is 11.0 Å². The van der Waals surface area contributed by atoms with Gasteiger partial charge in [-0.2, -0.15) is 0 Å². The number of hydrogen-bond acceptors (Lipinski definition) is 3. The zero-order valence-electron chi connectivity index (χ0n) is 8.69. The molecular formula is C12H14O3. The molecule has 0 spiro atoms. The lowest BCUT2D eigenvalue weighted by atomic mass is 10.1. The molecule has 1 aromatic carbocycles. The van der Waals surface area contributed by atoms with Crippen LogP contribution in [0.1, 0.15) is 12.5 Å². The molecule has 3 heteroatoms. The SMILES string of the molecule is CCOc1cccc2c(CCO)coc12. The number of benzene rings is 1. The quantitative estimate of drug-likeness (QED) is 0.835. The van der Waals surface area contributed by atoms with E-state index in [-0.39, 0.29) is 6.61 Å². The van der Waals surface area contributed by atoms with Crippen LogP contribution in [0.25, 0.3) is 11.0 Å². The molecule has 0 aliphatic rings. The van der Waals surface area contributed by atoms with Crippen molar-refractivity contribution in [2.45, 2.75) is 13.3 Å². The summed E-state index contributed by atoms with van der Waals surface area (Å²) in [5.74, 6) is 0.763. The van der Waals surface area contributed by atoms with E-state index in [1.807, 2.05) is 25.1 Å². The highest BCUT2D eigenvalue weighted by Crippen LogP contribution is 2.29. The van der Waals surface area contributed by atoms with Gasteiger partial charge in [-0.15, -0.1) is 0 Å². The number of para-hydroxylation sites is 1. The van der Waals surface area contributed by atoms with Crippen molar-refractivity contribution in [1.82, 2.24) is 0 Å². The first-order chi connectivity index (χ1) is 7.36. The Hall–Kier alpha value is -1.48. The monoisotopic (exact) mass is 206 g/mol. The fourth-order valence-corrected chi connectivity index (χ4v) is 1.67. The number of ether oxygens (including phenoxy) is 1. The molecule has 0 amide bonds. The van der Waals surface area contributed by atoms with Crippen molar-refractivity contribution in [3.05, 3.63) is 30.0 Å². The Morgan fingerprint density at radius 1 is 1.40 bits per heavy atom. The van der Waals surface area contributed by atoms with E-state index < -0.39 is 0 Å². The molecule has 1 N–H and O–H groups in total. The zero-order valence-corrected chi connectivity index (χ0v) is 8.69. The Labute approximate surface area is 88.3 Å². The number of aliphatic hydroxyl groups excluding tert-OH is 1. The lowest BCUT2D eigenvalue weighted by Crippen LogP contribution is -1.92. The minimum Gasteiger partial charge on any atom is -0.490 e. The maximum Gasteiger partial charge on any atom is 0.175 e. The van der Waals surface area contributed by atoms with E-state index in [0.29, 0.717) is 13.0 Å². The van der Waals surface area contributed by atoms with Crippen molar-refractivity contribution in [1.29, 1.82) is 0 Å². The summed E-state index contributed by atoms with van der Waals surface area (Å²) in [6, 6.07) is 5.80. The van der Waals surface area contributed by atoms with Gasteiger partial charge in [-0.25, -0.2) is 0 Å². The first kappa shape index (κ1) is 10.1. The molecule has 0 atom stereocenters. The predicted octanol–water partition coefficient (Wildman–Crippen LogP) is 2.37. The Kier molecular flexibility index (Phi) is 2.92. The van der Waals surface area contributed by atoms with Crippen molar-refractivity contribution in [2.75, 3.05) is 13.2 Å². The Balaban J connectivity index is 2.48. The number of furan rings is 1. The van der Waals surface area contributed by atoms with E-state index in [1.165, 1.54) is 0 Å². The van der Waals surface area contributed by atoms with Crippen LogP contribution in [0.5, 0.6) is 5.75 Å². The first-order valence-corrected chi connectivity index (χ1v) is 5.09. The topological polar surface area (TPSA) is 42.6 Å². The highest BCUT2D eigenvalue weighted by Gasteiger charge is 2.09. The lowest BCUT2D eigenvalue weighted by molar-refractivity contribution is 0.299. The van der Waals surface area contributed by atoms with Crippen molar-refractivity contribution in [3.63, 3.8) is 0 Å². The number of rotatable bonds is 4. The van der Waals surface area contributed by atoms with E-state index in [0.717, 1.165) is 22.3 Å². The van der Waals surface area contributed by atoms with Gasteiger partial charge in [0.2, 0.25) is 0 Å². The molecule has 1 heterocycles. The van der Waals surface area contributed by atoms with Crippen LogP contribution in [-0.4, -0.2) is 18.3 Å². The van der Waals surface area contributed by atoms with Gasteiger partial charge in [-0.05, 0) is 19.4 Å². The molecule has 0 saturated carbocycles. The van der Waals surface area contributed by atoms with E-state index in [1.54, 1.807) is 6.26 Å². The van der Waals surface area contributed by atoms with Crippen LogP contribution < -0.4 is 4.74 Å². The van der Waals surface area contributed by atoms with E-state index in [9.17, 15) is 0 Å². The molecule has 3 nitrogen and oxygen atoms in total. The molecule has 80 valence electrons. The highest BCUT2D eigenvalue weighted by atomic mass is 16.5. The van der Waals surface area contributed by atoms with Gasteiger partial charge >= 0.3 is 0 Å². The third kappa shape index (κ3) is 1.83. The summed E-state index contributed by atoms with van der Waals surface area (Å²) in [5.41, 5.74) is 1.79. The maximum atomic E-state index is 8.90. The normalized spacial score (nSPS) is 10.8. The summed E-state index contributed by atoms with van der Waals surface area (Å²) >= 11 is 0. The Morgan fingerprint density at radius 2 is 2.27 bits per heavy atom. The van der Waals surface area contributed by atoms with Gasteiger partial charge in [-0.1, -0.05) is 12.1 Å². The summed E-state index contributed by atoms with van der Waals surface area (Å²) in [5, 5.41) is 9.92. The summed E-state index contributed by atoms with van der Waals surface area (Å²) in [4.78, 5) is 0. The molecule has 0 bridgehead atoms. The molecular weight excluding hydrogens is 192 g/mol. The molecule has 0 aliphatic heterocycles. The van der Waals surface area contributed by atoms with E-state index in [4.69, 9.17) is 14.3 Å². The van der Waals surface area contributed by atoms with Crippen LogP contribution in [0.2, 0.25) is 0 Å². The van der Waals surface area contributed by atoms with Gasteiger partial charge in [0.05, 0.1) is 12.9 Å². The Bertz CT molecular complexity index is 445. The molecule has 0 aliphatic carbocycles.